The molecular weight excluding hydrogens is 280 g/mol. The van der Waals surface area contributed by atoms with E-state index in [1.165, 1.54) is 0 Å². The largest absolute Gasteiger partial charge is 0.351 e. The maximum Gasteiger partial charge on any atom is 0.252 e. The summed E-state index contributed by atoms with van der Waals surface area (Å²) in [7, 11) is 0. The molecule has 0 radical (unpaired) electrons. The van der Waals surface area contributed by atoms with Gasteiger partial charge in [-0.2, -0.15) is 11.8 Å². The van der Waals surface area contributed by atoms with Crippen LogP contribution in [0.5, 0.6) is 0 Å². The molecule has 0 fully saturated rings. The van der Waals surface area contributed by atoms with Gasteiger partial charge in [0.15, 0.2) is 0 Å². The summed E-state index contributed by atoms with van der Waals surface area (Å²) in [6, 6.07) is 7.37. The van der Waals surface area contributed by atoms with Gasteiger partial charge in [-0.15, -0.1) is 0 Å². The lowest BCUT2D eigenvalue weighted by molar-refractivity contribution is 0.0948. The highest BCUT2D eigenvalue weighted by molar-refractivity contribution is 8.00. The molecular formula is C17H24N2OS. The first-order valence-electron chi connectivity index (χ1n) is 7.23. The lowest BCUT2D eigenvalue weighted by Crippen LogP contribution is -2.39. The number of hydrogen-bond donors (Lipinski definition) is 2. The van der Waals surface area contributed by atoms with Gasteiger partial charge in [0.1, 0.15) is 0 Å². The Morgan fingerprint density at radius 1 is 1.33 bits per heavy atom. The van der Waals surface area contributed by atoms with Gasteiger partial charge in [-0.3, -0.25) is 4.79 Å². The Morgan fingerprint density at radius 3 is 2.57 bits per heavy atom. The van der Waals surface area contributed by atoms with Crippen molar-refractivity contribution in [2.24, 2.45) is 5.73 Å². The fourth-order valence-corrected chi connectivity index (χ4v) is 2.93. The van der Waals surface area contributed by atoms with Crippen molar-refractivity contribution in [2.75, 3.05) is 19.3 Å². The number of nitrogens with one attached hydrogen (secondary N) is 1. The van der Waals surface area contributed by atoms with E-state index in [-0.39, 0.29) is 17.2 Å². The maximum absolute atomic E-state index is 12.4. The molecule has 0 atom stereocenters. The van der Waals surface area contributed by atoms with Crippen LogP contribution in [0.25, 0.3) is 0 Å². The first-order valence-corrected chi connectivity index (χ1v) is 8.46. The zero-order valence-electron chi connectivity index (χ0n) is 13.0. The molecule has 0 aromatic heterocycles. The SMILES string of the molecule is CCC(CC)(CNC(=O)c1ccccc1C#CCN)SC. The topological polar surface area (TPSA) is 55.1 Å². The summed E-state index contributed by atoms with van der Waals surface area (Å²) in [5, 5.41) is 3.05. The van der Waals surface area contributed by atoms with E-state index < -0.39 is 0 Å². The lowest BCUT2D eigenvalue weighted by atomic mass is 10.0. The summed E-state index contributed by atoms with van der Waals surface area (Å²) < 4.78 is 0.105. The van der Waals surface area contributed by atoms with E-state index >= 15 is 0 Å². The number of carbonyl (C=O) groups excluding carboxylic acids is 1. The number of nitrogens with two attached hydrogens (primary N) is 1. The number of thioether (sulfide) groups is 1. The van der Waals surface area contributed by atoms with Gasteiger partial charge in [0.2, 0.25) is 0 Å². The standard InChI is InChI=1S/C17H24N2OS/c1-4-17(5-2,21-3)13-19-16(20)15-11-7-6-9-14(15)10-8-12-18/h6-7,9,11H,4-5,12-13,18H2,1-3H3,(H,19,20). The minimum atomic E-state index is -0.0720. The molecule has 1 aromatic rings. The van der Waals surface area contributed by atoms with E-state index in [1.807, 2.05) is 30.0 Å². The van der Waals surface area contributed by atoms with Crippen LogP contribution < -0.4 is 11.1 Å². The highest BCUT2D eigenvalue weighted by Crippen LogP contribution is 2.29. The molecule has 0 saturated carbocycles. The Balaban J connectivity index is 2.85. The Labute approximate surface area is 132 Å². The van der Waals surface area contributed by atoms with Gasteiger partial charge in [0, 0.05) is 16.9 Å². The highest BCUT2D eigenvalue weighted by Gasteiger charge is 2.25. The van der Waals surface area contributed by atoms with E-state index in [0.717, 1.165) is 18.4 Å². The Bertz CT molecular complexity index is 519. The van der Waals surface area contributed by atoms with Crippen LogP contribution in [0, 0.1) is 11.8 Å². The van der Waals surface area contributed by atoms with Gasteiger partial charge in [0.05, 0.1) is 12.1 Å². The lowest BCUT2D eigenvalue weighted by Gasteiger charge is -2.29. The summed E-state index contributed by atoms with van der Waals surface area (Å²) in [5.41, 5.74) is 6.73. The molecule has 0 unspecified atom stereocenters. The average molecular weight is 304 g/mol. The molecule has 0 saturated heterocycles. The Morgan fingerprint density at radius 2 is 2.00 bits per heavy atom. The molecule has 0 aliphatic heterocycles. The number of benzene rings is 1. The third kappa shape index (κ3) is 4.80. The Hall–Kier alpha value is -1.44. The minimum absolute atomic E-state index is 0.0720. The summed E-state index contributed by atoms with van der Waals surface area (Å²) in [6.07, 6.45) is 4.15. The molecule has 0 heterocycles. The van der Waals surface area contributed by atoms with Crippen molar-refractivity contribution in [1.82, 2.24) is 5.32 Å². The quantitative estimate of drug-likeness (QED) is 0.794. The van der Waals surface area contributed by atoms with Crippen molar-refractivity contribution in [3.05, 3.63) is 35.4 Å². The molecule has 3 nitrogen and oxygen atoms in total. The second-order valence-corrected chi connectivity index (χ2v) is 6.10. The molecule has 4 heteroatoms. The van der Waals surface area contributed by atoms with Crippen LogP contribution in [0.3, 0.4) is 0 Å². The zero-order chi connectivity index (χ0) is 15.7. The average Bonchev–Trinajstić information content (AvgIpc) is 2.54. The predicted octanol–water partition coefficient (Wildman–Crippen LogP) is 2.65. The molecule has 1 aromatic carbocycles. The first kappa shape index (κ1) is 17.6. The molecule has 3 N–H and O–H groups in total. The molecule has 1 rings (SSSR count). The minimum Gasteiger partial charge on any atom is -0.351 e. The smallest absolute Gasteiger partial charge is 0.252 e. The predicted molar refractivity (Wildman–Crippen MR) is 91.5 cm³/mol. The molecule has 0 aliphatic rings. The molecule has 1 amide bonds. The van der Waals surface area contributed by atoms with Crippen LogP contribution in [-0.2, 0) is 0 Å². The summed E-state index contributed by atoms with van der Waals surface area (Å²) in [6.45, 7) is 5.27. The third-order valence-electron chi connectivity index (χ3n) is 3.79. The van der Waals surface area contributed by atoms with Crippen molar-refractivity contribution in [1.29, 1.82) is 0 Å². The van der Waals surface area contributed by atoms with Crippen molar-refractivity contribution >= 4 is 17.7 Å². The highest BCUT2D eigenvalue weighted by atomic mass is 32.2. The fraction of sp³-hybridized carbons (Fsp3) is 0.471. The van der Waals surface area contributed by atoms with Crippen molar-refractivity contribution < 1.29 is 4.79 Å². The molecule has 0 bridgehead atoms. The van der Waals surface area contributed by atoms with E-state index in [0.29, 0.717) is 12.1 Å². The van der Waals surface area contributed by atoms with E-state index in [1.54, 1.807) is 6.07 Å². The fourth-order valence-electron chi connectivity index (χ4n) is 2.13. The van der Waals surface area contributed by atoms with Gasteiger partial charge in [-0.05, 0) is 31.2 Å². The molecule has 21 heavy (non-hydrogen) atoms. The van der Waals surface area contributed by atoms with Gasteiger partial charge >= 0.3 is 0 Å². The van der Waals surface area contributed by atoms with Crippen LogP contribution in [0.1, 0.15) is 42.6 Å². The van der Waals surface area contributed by atoms with Crippen molar-refractivity contribution in [2.45, 2.75) is 31.4 Å². The number of amides is 1. The normalized spacial score (nSPS) is 10.7. The van der Waals surface area contributed by atoms with Gasteiger partial charge in [-0.25, -0.2) is 0 Å². The van der Waals surface area contributed by atoms with Crippen LogP contribution in [0.15, 0.2) is 24.3 Å². The van der Waals surface area contributed by atoms with Crippen molar-refractivity contribution in [3.8, 4) is 11.8 Å². The Kier molecular flexibility index (Phi) is 7.35. The van der Waals surface area contributed by atoms with Gasteiger partial charge < -0.3 is 11.1 Å². The monoisotopic (exact) mass is 304 g/mol. The maximum atomic E-state index is 12.4. The summed E-state index contributed by atoms with van der Waals surface area (Å²) in [4.78, 5) is 12.4. The van der Waals surface area contributed by atoms with Gasteiger partial charge in [-0.1, -0.05) is 37.8 Å². The second kappa shape index (κ2) is 8.76. The van der Waals surface area contributed by atoms with E-state index in [2.05, 4.69) is 37.3 Å². The van der Waals surface area contributed by atoms with E-state index in [4.69, 9.17) is 5.73 Å². The van der Waals surface area contributed by atoms with Crippen LogP contribution in [0.2, 0.25) is 0 Å². The zero-order valence-corrected chi connectivity index (χ0v) is 13.8. The van der Waals surface area contributed by atoms with Crippen LogP contribution >= 0.6 is 11.8 Å². The molecule has 0 aliphatic carbocycles. The number of carbonyl (C=O) groups is 1. The number of rotatable bonds is 6. The summed E-state index contributed by atoms with van der Waals surface area (Å²) in [5.74, 6) is 5.68. The van der Waals surface area contributed by atoms with Crippen LogP contribution in [-0.4, -0.2) is 30.0 Å². The van der Waals surface area contributed by atoms with Crippen molar-refractivity contribution in [3.63, 3.8) is 0 Å². The number of hydrogen-bond acceptors (Lipinski definition) is 3. The molecule has 114 valence electrons. The first-order chi connectivity index (χ1) is 10.1. The third-order valence-corrected chi connectivity index (χ3v) is 5.38. The molecule has 0 spiro atoms. The van der Waals surface area contributed by atoms with E-state index in [9.17, 15) is 4.79 Å². The van der Waals surface area contributed by atoms with Gasteiger partial charge in [0.25, 0.3) is 5.91 Å². The summed E-state index contributed by atoms with van der Waals surface area (Å²) >= 11 is 1.81. The van der Waals surface area contributed by atoms with Crippen LogP contribution in [0.4, 0.5) is 0 Å². The second-order valence-electron chi connectivity index (χ2n) is 4.83.